The summed E-state index contributed by atoms with van der Waals surface area (Å²) in [5, 5.41) is 10.4. The van der Waals surface area contributed by atoms with Crippen molar-refractivity contribution in [2.24, 2.45) is 39.9 Å². The van der Waals surface area contributed by atoms with E-state index in [9.17, 15) is 9.90 Å². The Balaban J connectivity index is 1.40. The lowest BCUT2D eigenvalue weighted by atomic mass is 9.42. The predicted octanol–water partition coefficient (Wildman–Crippen LogP) is 4.90. The van der Waals surface area contributed by atoms with E-state index in [4.69, 9.17) is 4.74 Å². The summed E-state index contributed by atoms with van der Waals surface area (Å²) in [5.74, 6) is 3.27. The second-order valence-electron chi connectivity index (χ2n) is 12.1. The van der Waals surface area contributed by atoms with E-state index in [1.54, 1.807) is 0 Å². The second kappa shape index (κ2) is 5.44. The zero-order chi connectivity index (χ0) is 19.5. The van der Waals surface area contributed by atoms with Crippen molar-refractivity contribution in [3.05, 3.63) is 0 Å². The van der Waals surface area contributed by atoms with E-state index < -0.39 is 0 Å². The molecule has 6 rings (SSSR count). The first-order chi connectivity index (χ1) is 13.3. The molecule has 1 aliphatic heterocycles. The van der Waals surface area contributed by atoms with Crippen molar-refractivity contribution in [2.75, 3.05) is 0 Å². The number of carbonyl (C=O) groups excluding carboxylic acids is 1. The van der Waals surface area contributed by atoms with E-state index in [0.29, 0.717) is 23.7 Å². The summed E-state index contributed by atoms with van der Waals surface area (Å²) in [7, 11) is 0. The van der Waals surface area contributed by atoms with E-state index in [1.807, 2.05) is 6.92 Å². The molecule has 3 nitrogen and oxygen atoms in total. The molecule has 6 fully saturated rings. The van der Waals surface area contributed by atoms with E-state index in [1.165, 1.54) is 44.9 Å². The maximum Gasteiger partial charge on any atom is 0.136 e. The number of aliphatic hydroxyl groups is 1. The lowest BCUT2D eigenvalue weighted by Gasteiger charge is -2.61. The van der Waals surface area contributed by atoms with Gasteiger partial charge in [0.25, 0.3) is 0 Å². The molecule has 1 N–H and O–H groups in total. The highest BCUT2D eigenvalue weighted by atomic mass is 16.6. The number of ketones is 1. The van der Waals surface area contributed by atoms with Crippen molar-refractivity contribution in [1.29, 1.82) is 0 Å². The summed E-state index contributed by atoms with van der Waals surface area (Å²) in [6, 6.07) is 0. The Morgan fingerprint density at radius 2 is 1.75 bits per heavy atom. The molecule has 28 heavy (non-hydrogen) atoms. The molecule has 10 atom stereocenters. The van der Waals surface area contributed by atoms with Crippen LogP contribution in [0.4, 0.5) is 0 Å². The summed E-state index contributed by atoms with van der Waals surface area (Å²) in [6.45, 7) is 6.93. The van der Waals surface area contributed by atoms with Gasteiger partial charge in [-0.25, -0.2) is 0 Å². The molecule has 5 aliphatic carbocycles. The molecule has 1 spiro atoms. The molecule has 0 amide bonds. The normalized spacial score (nSPS) is 62.0. The van der Waals surface area contributed by atoms with E-state index in [2.05, 4.69) is 13.8 Å². The van der Waals surface area contributed by atoms with Gasteiger partial charge in [0.05, 0.1) is 12.2 Å². The van der Waals surface area contributed by atoms with Crippen LogP contribution < -0.4 is 0 Å². The third-order valence-corrected chi connectivity index (χ3v) is 11.7. The molecule has 5 saturated carbocycles. The fourth-order valence-corrected chi connectivity index (χ4v) is 10.5. The summed E-state index contributed by atoms with van der Waals surface area (Å²) in [6.07, 6.45) is 13.1. The van der Waals surface area contributed by atoms with Gasteiger partial charge in [0.1, 0.15) is 11.4 Å². The van der Waals surface area contributed by atoms with Crippen molar-refractivity contribution >= 4 is 5.78 Å². The van der Waals surface area contributed by atoms with Gasteiger partial charge < -0.3 is 9.84 Å². The number of rotatable bonds is 1. The highest BCUT2D eigenvalue weighted by Gasteiger charge is 2.77. The smallest absolute Gasteiger partial charge is 0.136 e. The number of carbonyl (C=O) groups is 1. The van der Waals surface area contributed by atoms with Crippen molar-refractivity contribution in [3.63, 3.8) is 0 Å². The van der Waals surface area contributed by atoms with Crippen LogP contribution in [0.3, 0.4) is 0 Å². The fraction of sp³-hybridized carbons (Fsp3) is 0.960. The molecule has 6 aliphatic rings. The number of epoxide rings is 1. The topological polar surface area (TPSA) is 49.8 Å². The Morgan fingerprint density at radius 1 is 0.964 bits per heavy atom. The van der Waals surface area contributed by atoms with Crippen LogP contribution in [0.25, 0.3) is 0 Å². The number of ether oxygens (including phenoxy) is 1. The Kier molecular flexibility index (Phi) is 3.57. The number of aliphatic hydroxyl groups excluding tert-OH is 1. The van der Waals surface area contributed by atoms with Crippen LogP contribution in [-0.4, -0.2) is 28.7 Å². The van der Waals surface area contributed by atoms with Crippen LogP contribution in [0, 0.1) is 39.9 Å². The van der Waals surface area contributed by atoms with Gasteiger partial charge in [-0.05, 0) is 87.4 Å². The summed E-state index contributed by atoms with van der Waals surface area (Å²) in [5.41, 5.74) is 0.371. The average Bonchev–Trinajstić information content (AvgIpc) is 3.27. The lowest BCUT2D eigenvalue weighted by Crippen LogP contribution is -2.60. The molecule has 3 heteroatoms. The standard InChI is InChI=1S/C25H38O3/c1-15(26)24-9-5-4-6-16(24)12-20-18-13-21-25(28-21)14-17(27)7-10-23(25,3)19(18)8-11-22(20,24)2/h16-21,27H,4-14H2,1-3H3/t16-,17-,18+,19-,20-,21-,22-,23+,24+,25-/m0/s1. The number of hydrogen-bond acceptors (Lipinski definition) is 3. The van der Waals surface area contributed by atoms with Gasteiger partial charge in [-0.2, -0.15) is 0 Å². The molecule has 1 heterocycles. The minimum absolute atomic E-state index is 0.0246. The molecule has 0 aromatic heterocycles. The largest absolute Gasteiger partial charge is 0.393 e. The summed E-state index contributed by atoms with van der Waals surface area (Å²) in [4.78, 5) is 13.2. The van der Waals surface area contributed by atoms with Crippen LogP contribution in [0.1, 0.15) is 91.4 Å². The van der Waals surface area contributed by atoms with Gasteiger partial charge in [-0.1, -0.05) is 26.7 Å². The van der Waals surface area contributed by atoms with Crippen LogP contribution in [-0.2, 0) is 9.53 Å². The molecule has 1 saturated heterocycles. The van der Waals surface area contributed by atoms with Crippen LogP contribution in [0.15, 0.2) is 0 Å². The average molecular weight is 387 g/mol. The monoisotopic (exact) mass is 386 g/mol. The van der Waals surface area contributed by atoms with Crippen molar-refractivity contribution in [3.8, 4) is 0 Å². The van der Waals surface area contributed by atoms with Crippen molar-refractivity contribution in [1.82, 2.24) is 0 Å². The van der Waals surface area contributed by atoms with Gasteiger partial charge in [0, 0.05) is 17.3 Å². The molecular formula is C25H38O3. The first-order valence-electron chi connectivity index (χ1n) is 12.2. The van der Waals surface area contributed by atoms with Gasteiger partial charge >= 0.3 is 0 Å². The molecule has 0 radical (unpaired) electrons. The van der Waals surface area contributed by atoms with Crippen LogP contribution in [0.2, 0.25) is 0 Å². The Hall–Kier alpha value is -0.410. The van der Waals surface area contributed by atoms with Crippen molar-refractivity contribution in [2.45, 2.75) is 109 Å². The minimum Gasteiger partial charge on any atom is -0.393 e. The third kappa shape index (κ3) is 1.84. The molecule has 0 aromatic carbocycles. The number of Topliss-reactive ketones (excluding diaryl/α,β-unsaturated/α-hetero) is 1. The number of fused-ring (bicyclic) bond motifs is 6. The van der Waals surface area contributed by atoms with Gasteiger partial charge in [-0.3, -0.25) is 4.79 Å². The van der Waals surface area contributed by atoms with E-state index >= 15 is 0 Å². The molecule has 156 valence electrons. The Bertz CT molecular complexity index is 719. The quantitative estimate of drug-likeness (QED) is 0.652. The van der Waals surface area contributed by atoms with Crippen molar-refractivity contribution < 1.29 is 14.6 Å². The first-order valence-corrected chi connectivity index (χ1v) is 12.2. The fourth-order valence-electron chi connectivity index (χ4n) is 10.5. The lowest BCUT2D eigenvalue weighted by molar-refractivity contribution is -0.154. The summed E-state index contributed by atoms with van der Waals surface area (Å²) >= 11 is 0. The maximum absolute atomic E-state index is 13.2. The van der Waals surface area contributed by atoms with Gasteiger partial charge in [-0.15, -0.1) is 0 Å². The van der Waals surface area contributed by atoms with E-state index in [0.717, 1.165) is 37.5 Å². The predicted molar refractivity (Wildman–Crippen MR) is 108 cm³/mol. The van der Waals surface area contributed by atoms with Gasteiger partial charge in [0.2, 0.25) is 0 Å². The molecule has 0 unspecified atom stereocenters. The first kappa shape index (κ1) is 18.4. The molecule has 0 aromatic rings. The zero-order valence-electron chi connectivity index (χ0n) is 18.0. The molecule has 0 bridgehead atoms. The SMILES string of the molecule is CC(=O)[C@]12CCCC[C@H]1C[C@H]1[C@@H]3C[C@@H]4O[C@@]45C[C@@H](O)CC[C@]5(C)[C@H]3CC[C@@]12C. The van der Waals surface area contributed by atoms with Crippen LogP contribution in [0.5, 0.6) is 0 Å². The summed E-state index contributed by atoms with van der Waals surface area (Å²) < 4.78 is 6.48. The maximum atomic E-state index is 13.2. The zero-order valence-corrected chi connectivity index (χ0v) is 18.0. The molecular weight excluding hydrogens is 348 g/mol. The Labute approximate surface area is 170 Å². The van der Waals surface area contributed by atoms with Crippen LogP contribution >= 0.6 is 0 Å². The minimum atomic E-state index is -0.168. The Morgan fingerprint density at radius 3 is 2.54 bits per heavy atom. The number of hydrogen-bond donors (Lipinski definition) is 1. The van der Waals surface area contributed by atoms with E-state index in [-0.39, 0.29) is 27.9 Å². The highest BCUT2D eigenvalue weighted by Crippen LogP contribution is 2.77. The third-order valence-electron chi connectivity index (χ3n) is 11.7. The van der Waals surface area contributed by atoms with Gasteiger partial charge in [0.15, 0.2) is 0 Å². The highest BCUT2D eigenvalue weighted by molar-refractivity contribution is 5.84. The second-order valence-corrected chi connectivity index (χ2v) is 12.1.